The molecule has 4 heteroatoms. The van der Waals surface area contributed by atoms with Crippen molar-refractivity contribution in [3.05, 3.63) is 16.1 Å². The topological polar surface area (TPSA) is 24.9 Å². The molecule has 1 aromatic rings. The smallest absolute Gasteiger partial charge is 0.112 e. The Bertz CT molecular complexity index is 308. The van der Waals surface area contributed by atoms with Gasteiger partial charge in [-0.1, -0.05) is 6.92 Å². The second kappa shape index (κ2) is 6.62. The highest BCUT2D eigenvalue weighted by Crippen LogP contribution is 2.24. The molecule has 16 heavy (non-hydrogen) atoms. The predicted molar refractivity (Wildman–Crippen MR) is 75.5 cm³/mol. The van der Waals surface area contributed by atoms with Crippen molar-refractivity contribution in [2.45, 2.75) is 39.7 Å². The maximum absolute atomic E-state index is 4.45. The monoisotopic (exact) mass is 258 g/mol. The minimum atomic E-state index is 0.00973. The van der Waals surface area contributed by atoms with Crippen LogP contribution in [0.1, 0.15) is 37.1 Å². The van der Waals surface area contributed by atoms with Crippen molar-refractivity contribution in [1.82, 2.24) is 10.3 Å². The van der Waals surface area contributed by atoms with Gasteiger partial charge in [0.15, 0.2) is 0 Å². The molecule has 92 valence electrons. The van der Waals surface area contributed by atoms with E-state index in [0.717, 1.165) is 6.54 Å². The van der Waals surface area contributed by atoms with Crippen LogP contribution in [-0.2, 0) is 5.54 Å². The van der Waals surface area contributed by atoms with E-state index in [1.165, 1.54) is 27.8 Å². The summed E-state index contributed by atoms with van der Waals surface area (Å²) in [6, 6.07) is 0. The highest BCUT2D eigenvalue weighted by Gasteiger charge is 2.22. The van der Waals surface area contributed by atoms with Crippen LogP contribution in [0.2, 0.25) is 0 Å². The SMILES string of the molecule is CCSCCCNC(C)(C)c1ncc(C)s1. The second-order valence-corrected chi connectivity index (χ2v) is 7.01. The molecule has 0 aliphatic carbocycles. The molecular formula is C12H22N2S2. The molecule has 0 atom stereocenters. The summed E-state index contributed by atoms with van der Waals surface area (Å²) in [6.45, 7) is 9.80. The molecule has 0 bridgehead atoms. The lowest BCUT2D eigenvalue weighted by molar-refractivity contribution is 0.403. The number of hydrogen-bond acceptors (Lipinski definition) is 4. The van der Waals surface area contributed by atoms with E-state index in [1.807, 2.05) is 18.0 Å². The van der Waals surface area contributed by atoms with Crippen LogP contribution in [0.3, 0.4) is 0 Å². The largest absolute Gasteiger partial charge is 0.306 e. The standard InChI is InChI=1S/C12H22N2S2/c1-5-15-8-6-7-14-12(3,4)11-13-9-10(2)16-11/h9,14H,5-8H2,1-4H3. The van der Waals surface area contributed by atoms with Gasteiger partial charge in [-0.15, -0.1) is 11.3 Å². The minimum absolute atomic E-state index is 0.00973. The van der Waals surface area contributed by atoms with Crippen LogP contribution in [0.25, 0.3) is 0 Å². The Labute approximate surface area is 107 Å². The van der Waals surface area contributed by atoms with Gasteiger partial charge in [0.25, 0.3) is 0 Å². The van der Waals surface area contributed by atoms with E-state index in [-0.39, 0.29) is 5.54 Å². The van der Waals surface area contributed by atoms with E-state index in [4.69, 9.17) is 0 Å². The summed E-state index contributed by atoms with van der Waals surface area (Å²) in [7, 11) is 0. The summed E-state index contributed by atoms with van der Waals surface area (Å²) in [6.07, 6.45) is 3.18. The van der Waals surface area contributed by atoms with E-state index in [0.29, 0.717) is 0 Å². The number of rotatable bonds is 7. The fraction of sp³-hybridized carbons (Fsp3) is 0.750. The summed E-state index contributed by atoms with van der Waals surface area (Å²) < 4.78 is 0. The van der Waals surface area contributed by atoms with Gasteiger partial charge in [-0.25, -0.2) is 4.98 Å². The molecule has 0 amide bonds. The molecule has 0 aliphatic rings. The van der Waals surface area contributed by atoms with Gasteiger partial charge < -0.3 is 5.32 Å². The molecule has 0 aliphatic heterocycles. The molecule has 1 rings (SSSR count). The lowest BCUT2D eigenvalue weighted by Crippen LogP contribution is -2.37. The molecule has 0 spiro atoms. The van der Waals surface area contributed by atoms with Gasteiger partial charge in [-0.05, 0) is 45.2 Å². The first-order valence-corrected chi connectivity index (χ1v) is 7.79. The number of aryl methyl sites for hydroxylation is 1. The zero-order valence-corrected chi connectivity index (χ0v) is 12.3. The van der Waals surface area contributed by atoms with Gasteiger partial charge in [0.05, 0.1) is 5.54 Å². The lowest BCUT2D eigenvalue weighted by Gasteiger charge is -2.23. The summed E-state index contributed by atoms with van der Waals surface area (Å²) in [5, 5.41) is 4.77. The van der Waals surface area contributed by atoms with E-state index in [2.05, 4.69) is 38.0 Å². The number of thiazole rings is 1. The van der Waals surface area contributed by atoms with Crippen molar-refractivity contribution in [3.8, 4) is 0 Å². The number of hydrogen-bond donors (Lipinski definition) is 1. The highest BCUT2D eigenvalue weighted by molar-refractivity contribution is 7.99. The fourth-order valence-corrected chi connectivity index (χ4v) is 2.92. The Hall–Kier alpha value is -0.0600. The Morgan fingerprint density at radius 2 is 2.25 bits per heavy atom. The van der Waals surface area contributed by atoms with Gasteiger partial charge >= 0.3 is 0 Å². The lowest BCUT2D eigenvalue weighted by atomic mass is 10.1. The first kappa shape index (κ1) is 14.0. The van der Waals surface area contributed by atoms with Crippen molar-refractivity contribution in [1.29, 1.82) is 0 Å². The molecule has 1 N–H and O–H groups in total. The van der Waals surface area contributed by atoms with Gasteiger partial charge in [0, 0.05) is 11.1 Å². The third kappa shape index (κ3) is 4.44. The first-order valence-electron chi connectivity index (χ1n) is 5.82. The zero-order chi connectivity index (χ0) is 12.0. The van der Waals surface area contributed by atoms with Crippen LogP contribution in [-0.4, -0.2) is 23.0 Å². The average Bonchev–Trinajstić information content (AvgIpc) is 2.65. The zero-order valence-electron chi connectivity index (χ0n) is 10.7. The van der Waals surface area contributed by atoms with E-state index in [1.54, 1.807) is 11.3 Å². The Kier molecular flexibility index (Phi) is 5.79. The molecule has 0 radical (unpaired) electrons. The summed E-state index contributed by atoms with van der Waals surface area (Å²) in [5.41, 5.74) is 0.00973. The van der Waals surface area contributed by atoms with Crippen LogP contribution in [0, 0.1) is 6.92 Å². The average molecular weight is 258 g/mol. The molecule has 1 heterocycles. The van der Waals surface area contributed by atoms with Gasteiger partial charge in [-0.2, -0.15) is 11.8 Å². The summed E-state index contributed by atoms with van der Waals surface area (Å²) in [4.78, 5) is 5.74. The van der Waals surface area contributed by atoms with E-state index < -0.39 is 0 Å². The van der Waals surface area contributed by atoms with Gasteiger partial charge in [0.2, 0.25) is 0 Å². The maximum atomic E-state index is 4.45. The Morgan fingerprint density at radius 1 is 1.50 bits per heavy atom. The number of nitrogens with zero attached hydrogens (tertiary/aromatic N) is 1. The molecule has 0 saturated heterocycles. The molecule has 1 aromatic heterocycles. The number of aromatic nitrogens is 1. The highest BCUT2D eigenvalue weighted by atomic mass is 32.2. The Balaban J connectivity index is 2.34. The van der Waals surface area contributed by atoms with Crippen LogP contribution in [0.4, 0.5) is 0 Å². The number of nitrogens with one attached hydrogen (secondary N) is 1. The fourth-order valence-electron chi connectivity index (χ4n) is 1.44. The third-order valence-electron chi connectivity index (χ3n) is 2.39. The molecule has 2 nitrogen and oxygen atoms in total. The van der Waals surface area contributed by atoms with Crippen LogP contribution in [0.15, 0.2) is 6.20 Å². The quantitative estimate of drug-likeness (QED) is 0.759. The molecule has 0 fully saturated rings. The minimum Gasteiger partial charge on any atom is -0.306 e. The summed E-state index contributed by atoms with van der Waals surface area (Å²) in [5.74, 6) is 2.46. The normalized spacial score (nSPS) is 12.0. The second-order valence-electron chi connectivity index (χ2n) is 4.38. The van der Waals surface area contributed by atoms with Crippen molar-refractivity contribution >= 4 is 23.1 Å². The molecular weight excluding hydrogens is 236 g/mol. The van der Waals surface area contributed by atoms with E-state index >= 15 is 0 Å². The van der Waals surface area contributed by atoms with E-state index in [9.17, 15) is 0 Å². The van der Waals surface area contributed by atoms with Crippen molar-refractivity contribution < 1.29 is 0 Å². The Morgan fingerprint density at radius 3 is 2.81 bits per heavy atom. The van der Waals surface area contributed by atoms with Crippen molar-refractivity contribution in [2.24, 2.45) is 0 Å². The number of thioether (sulfide) groups is 1. The van der Waals surface area contributed by atoms with Crippen molar-refractivity contribution in [3.63, 3.8) is 0 Å². The molecule has 0 saturated carbocycles. The van der Waals surface area contributed by atoms with Crippen LogP contribution < -0.4 is 5.32 Å². The van der Waals surface area contributed by atoms with Gasteiger partial charge in [-0.3, -0.25) is 0 Å². The third-order valence-corrected chi connectivity index (χ3v) is 4.61. The molecule has 0 unspecified atom stereocenters. The maximum Gasteiger partial charge on any atom is 0.112 e. The molecule has 0 aromatic carbocycles. The first-order chi connectivity index (χ1) is 7.56. The summed E-state index contributed by atoms with van der Waals surface area (Å²) >= 11 is 3.79. The predicted octanol–water partition coefficient (Wildman–Crippen LogP) is 3.42. The van der Waals surface area contributed by atoms with Crippen molar-refractivity contribution in [2.75, 3.05) is 18.1 Å². The van der Waals surface area contributed by atoms with Crippen LogP contribution >= 0.6 is 23.1 Å². The van der Waals surface area contributed by atoms with Crippen LogP contribution in [0.5, 0.6) is 0 Å². The van der Waals surface area contributed by atoms with Gasteiger partial charge in [0.1, 0.15) is 5.01 Å².